The Kier molecular flexibility index (Phi) is 5.60. The van der Waals surface area contributed by atoms with Gasteiger partial charge in [-0.2, -0.15) is 0 Å². The largest absolute Gasteiger partial charge is 0.497 e. The standard InChI is InChI=1S/C20H18N2O5S/c1-25-14-6-4-13(5-7-14)22-19(24)16(18(23)21-20(22)28)11-12-10-15(26-2)8-9-17(12)27-3/h4-11H,1-3H3,(H,21,23,28). The van der Waals surface area contributed by atoms with Gasteiger partial charge in [0, 0.05) is 5.56 Å². The van der Waals surface area contributed by atoms with Crippen molar-refractivity contribution in [3.63, 3.8) is 0 Å². The van der Waals surface area contributed by atoms with Crippen LogP contribution in [0.4, 0.5) is 5.69 Å². The predicted molar refractivity (Wildman–Crippen MR) is 109 cm³/mol. The SMILES string of the molecule is COc1ccc(N2C(=O)C(=Cc3cc(OC)ccc3OC)C(=O)NC2=S)cc1. The summed E-state index contributed by atoms with van der Waals surface area (Å²) < 4.78 is 15.7. The van der Waals surface area contributed by atoms with Gasteiger partial charge in [-0.25, -0.2) is 0 Å². The molecular formula is C20H18N2O5S. The fourth-order valence-electron chi connectivity index (χ4n) is 2.73. The van der Waals surface area contributed by atoms with Gasteiger partial charge in [-0.05, 0) is 60.8 Å². The number of nitrogens with zero attached hydrogens (tertiary/aromatic N) is 1. The molecule has 0 bridgehead atoms. The zero-order valence-corrected chi connectivity index (χ0v) is 16.3. The van der Waals surface area contributed by atoms with E-state index >= 15 is 0 Å². The first-order valence-electron chi connectivity index (χ1n) is 8.26. The highest BCUT2D eigenvalue weighted by Gasteiger charge is 2.34. The van der Waals surface area contributed by atoms with Gasteiger partial charge >= 0.3 is 0 Å². The number of carbonyl (C=O) groups is 2. The molecule has 1 aliphatic heterocycles. The molecule has 1 heterocycles. The van der Waals surface area contributed by atoms with Gasteiger partial charge in [0.2, 0.25) is 0 Å². The Bertz CT molecular complexity index is 969. The van der Waals surface area contributed by atoms with Gasteiger partial charge in [0.1, 0.15) is 22.8 Å². The van der Waals surface area contributed by atoms with E-state index in [9.17, 15) is 9.59 Å². The summed E-state index contributed by atoms with van der Waals surface area (Å²) in [5.74, 6) is 0.588. The average Bonchev–Trinajstić information content (AvgIpc) is 2.71. The van der Waals surface area contributed by atoms with E-state index in [1.807, 2.05) is 0 Å². The van der Waals surface area contributed by atoms with E-state index in [1.54, 1.807) is 49.6 Å². The van der Waals surface area contributed by atoms with Crippen LogP contribution in [-0.4, -0.2) is 38.3 Å². The second-order valence-electron chi connectivity index (χ2n) is 5.76. The number of thiocarbonyl (C=S) groups is 1. The first kappa shape index (κ1) is 19.4. The number of benzene rings is 2. The Labute approximate surface area is 167 Å². The van der Waals surface area contributed by atoms with E-state index < -0.39 is 11.8 Å². The predicted octanol–water partition coefficient (Wildman–Crippen LogP) is 2.54. The third-order valence-electron chi connectivity index (χ3n) is 4.17. The molecule has 0 aromatic heterocycles. The van der Waals surface area contributed by atoms with Crippen LogP contribution in [0.3, 0.4) is 0 Å². The fourth-order valence-corrected chi connectivity index (χ4v) is 3.01. The molecule has 1 saturated heterocycles. The van der Waals surface area contributed by atoms with E-state index in [1.165, 1.54) is 25.2 Å². The molecule has 0 aliphatic carbocycles. The fraction of sp³-hybridized carbons (Fsp3) is 0.150. The normalized spacial score (nSPS) is 15.5. The lowest BCUT2D eigenvalue weighted by Crippen LogP contribution is -2.54. The van der Waals surface area contributed by atoms with Crippen molar-refractivity contribution in [2.45, 2.75) is 0 Å². The number of nitrogens with one attached hydrogen (secondary N) is 1. The molecule has 0 saturated carbocycles. The first-order valence-corrected chi connectivity index (χ1v) is 8.67. The van der Waals surface area contributed by atoms with Gasteiger partial charge in [-0.1, -0.05) is 0 Å². The molecule has 144 valence electrons. The van der Waals surface area contributed by atoms with E-state index in [0.29, 0.717) is 28.5 Å². The van der Waals surface area contributed by atoms with E-state index in [4.69, 9.17) is 26.4 Å². The zero-order valence-electron chi connectivity index (χ0n) is 15.5. The minimum absolute atomic E-state index is 0.00919. The van der Waals surface area contributed by atoms with Gasteiger partial charge in [-0.15, -0.1) is 0 Å². The van der Waals surface area contributed by atoms with Crippen molar-refractivity contribution in [3.05, 3.63) is 53.6 Å². The summed E-state index contributed by atoms with van der Waals surface area (Å²) in [6.07, 6.45) is 1.46. The minimum Gasteiger partial charge on any atom is -0.497 e. The van der Waals surface area contributed by atoms with Crippen molar-refractivity contribution in [1.82, 2.24) is 5.32 Å². The van der Waals surface area contributed by atoms with Crippen molar-refractivity contribution in [3.8, 4) is 17.2 Å². The molecular weight excluding hydrogens is 380 g/mol. The topological polar surface area (TPSA) is 77.1 Å². The van der Waals surface area contributed by atoms with Crippen LogP contribution < -0.4 is 24.4 Å². The van der Waals surface area contributed by atoms with Crippen LogP contribution in [0.5, 0.6) is 17.2 Å². The Morgan fingerprint density at radius 2 is 1.57 bits per heavy atom. The molecule has 1 N–H and O–H groups in total. The van der Waals surface area contributed by atoms with Crippen molar-refractivity contribution in [2.75, 3.05) is 26.2 Å². The molecule has 0 radical (unpaired) electrons. The molecule has 2 aromatic rings. The number of methoxy groups -OCH3 is 3. The molecule has 28 heavy (non-hydrogen) atoms. The molecule has 2 amide bonds. The smallest absolute Gasteiger partial charge is 0.270 e. The van der Waals surface area contributed by atoms with Gasteiger partial charge in [0.05, 0.1) is 27.0 Å². The molecule has 0 unspecified atom stereocenters. The number of rotatable bonds is 5. The number of hydrogen-bond donors (Lipinski definition) is 1. The highest BCUT2D eigenvalue weighted by molar-refractivity contribution is 7.80. The quantitative estimate of drug-likeness (QED) is 0.474. The van der Waals surface area contributed by atoms with Crippen molar-refractivity contribution >= 4 is 40.9 Å². The molecule has 0 atom stereocenters. The summed E-state index contributed by atoms with van der Waals surface area (Å²) in [4.78, 5) is 26.8. The maximum Gasteiger partial charge on any atom is 0.270 e. The molecule has 0 spiro atoms. The van der Waals surface area contributed by atoms with E-state index in [0.717, 1.165) is 0 Å². The second kappa shape index (κ2) is 8.10. The number of amides is 2. The van der Waals surface area contributed by atoms with Crippen LogP contribution in [0.25, 0.3) is 6.08 Å². The van der Waals surface area contributed by atoms with Crippen LogP contribution in [0.1, 0.15) is 5.56 Å². The molecule has 3 rings (SSSR count). The lowest BCUT2D eigenvalue weighted by molar-refractivity contribution is -0.122. The molecule has 1 aliphatic rings. The third kappa shape index (κ3) is 3.67. The zero-order chi connectivity index (χ0) is 20.3. The Hall–Kier alpha value is -3.39. The summed E-state index contributed by atoms with van der Waals surface area (Å²) in [6, 6.07) is 11.9. The number of carbonyl (C=O) groups excluding carboxylic acids is 2. The van der Waals surface area contributed by atoms with Crippen LogP contribution >= 0.6 is 12.2 Å². The lowest BCUT2D eigenvalue weighted by atomic mass is 10.1. The Morgan fingerprint density at radius 3 is 2.18 bits per heavy atom. The highest BCUT2D eigenvalue weighted by atomic mass is 32.1. The first-order chi connectivity index (χ1) is 13.5. The van der Waals surface area contributed by atoms with Crippen molar-refractivity contribution < 1.29 is 23.8 Å². The molecule has 2 aromatic carbocycles. The summed E-state index contributed by atoms with van der Waals surface area (Å²) in [6.45, 7) is 0. The molecule has 7 nitrogen and oxygen atoms in total. The monoisotopic (exact) mass is 398 g/mol. The summed E-state index contributed by atoms with van der Waals surface area (Å²) in [5.41, 5.74) is 0.970. The van der Waals surface area contributed by atoms with Gasteiger partial charge in [0.15, 0.2) is 5.11 Å². The van der Waals surface area contributed by atoms with E-state index in [-0.39, 0.29) is 10.7 Å². The molecule has 1 fully saturated rings. The maximum absolute atomic E-state index is 13.1. The number of ether oxygens (including phenoxy) is 3. The lowest BCUT2D eigenvalue weighted by Gasteiger charge is -2.29. The van der Waals surface area contributed by atoms with Crippen LogP contribution in [0.2, 0.25) is 0 Å². The third-order valence-corrected chi connectivity index (χ3v) is 4.45. The van der Waals surface area contributed by atoms with Gasteiger partial charge in [0.25, 0.3) is 11.8 Å². The number of anilines is 1. The average molecular weight is 398 g/mol. The number of hydrogen-bond acceptors (Lipinski definition) is 6. The second-order valence-corrected chi connectivity index (χ2v) is 6.15. The van der Waals surface area contributed by atoms with Gasteiger partial charge in [-0.3, -0.25) is 19.8 Å². The van der Waals surface area contributed by atoms with Gasteiger partial charge < -0.3 is 14.2 Å². The van der Waals surface area contributed by atoms with Crippen LogP contribution in [-0.2, 0) is 9.59 Å². The van der Waals surface area contributed by atoms with Crippen molar-refractivity contribution in [1.29, 1.82) is 0 Å². The molecule has 8 heteroatoms. The Morgan fingerprint density at radius 1 is 0.929 bits per heavy atom. The van der Waals surface area contributed by atoms with E-state index in [2.05, 4.69) is 5.32 Å². The summed E-state index contributed by atoms with van der Waals surface area (Å²) >= 11 is 5.20. The van der Waals surface area contributed by atoms with Crippen LogP contribution in [0, 0.1) is 0 Å². The van der Waals surface area contributed by atoms with Crippen LogP contribution in [0.15, 0.2) is 48.0 Å². The maximum atomic E-state index is 13.1. The summed E-state index contributed by atoms with van der Waals surface area (Å²) in [7, 11) is 4.58. The highest BCUT2D eigenvalue weighted by Crippen LogP contribution is 2.29. The summed E-state index contributed by atoms with van der Waals surface area (Å²) in [5, 5.41) is 2.56. The minimum atomic E-state index is -0.579. The Balaban J connectivity index is 2.03. The van der Waals surface area contributed by atoms with Crippen molar-refractivity contribution in [2.24, 2.45) is 0 Å².